The average molecular weight is 427 g/mol. The molecule has 0 bridgehead atoms. The molecule has 0 amide bonds. The lowest BCUT2D eigenvalue weighted by Gasteiger charge is -2.11. The van der Waals surface area contributed by atoms with Gasteiger partial charge in [-0.25, -0.2) is 9.78 Å². The number of carbonyl (C=O) groups excluding carboxylic acids is 1. The van der Waals surface area contributed by atoms with Crippen molar-refractivity contribution in [3.63, 3.8) is 0 Å². The Morgan fingerprint density at radius 2 is 1.86 bits per heavy atom. The van der Waals surface area contributed by atoms with Gasteiger partial charge in [0.1, 0.15) is 17.9 Å². The van der Waals surface area contributed by atoms with Crippen molar-refractivity contribution in [1.29, 1.82) is 0 Å². The molecule has 2 aromatic heterocycles. The second kappa shape index (κ2) is 8.15. The molecule has 0 spiro atoms. The molecule has 0 atom stereocenters. The molecule has 0 aliphatic rings. The highest BCUT2D eigenvalue weighted by Gasteiger charge is 2.17. The van der Waals surface area contributed by atoms with Crippen LogP contribution in [-0.4, -0.2) is 22.5 Å². The van der Waals surface area contributed by atoms with E-state index >= 15 is 0 Å². The minimum absolute atomic E-state index is 0.321. The molecule has 0 saturated heterocycles. The molecule has 146 valence electrons. The first kappa shape index (κ1) is 19.3. The van der Waals surface area contributed by atoms with E-state index in [0.29, 0.717) is 39.3 Å². The zero-order valence-electron chi connectivity index (χ0n) is 15.4. The molecule has 0 saturated carbocycles. The van der Waals surface area contributed by atoms with Gasteiger partial charge in [-0.1, -0.05) is 53.5 Å². The van der Waals surface area contributed by atoms with Crippen LogP contribution in [0.15, 0.2) is 67.0 Å². The second-order valence-electron chi connectivity index (χ2n) is 6.34. The van der Waals surface area contributed by atoms with E-state index in [1.165, 1.54) is 7.11 Å². The first-order valence-electron chi connectivity index (χ1n) is 8.78. The molecule has 2 heterocycles. The number of hydrogen-bond acceptors (Lipinski definition) is 4. The Morgan fingerprint density at radius 1 is 1.07 bits per heavy atom. The van der Waals surface area contributed by atoms with Crippen LogP contribution in [0.3, 0.4) is 0 Å². The van der Waals surface area contributed by atoms with Gasteiger partial charge in [-0.05, 0) is 29.8 Å². The quantitative estimate of drug-likeness (QED) is 0.385. The molecule has 0 unspecified atom stereocenters. The van der Waals surface area contributed by atoms with E-state index in [1.807, 2.05) is 36.4 Å². The predicted molar refractivity (Wildman–Crippen MR) is 113 cm³/mol. The SMILES string of the molecule is COC(=O)c1cc(-c2cn3cc(Cl)cc(Cl)c3n2)ccc1OCc1ccccc1. The van der Waals surface area contributed by atoms with Crippen molar-refractivity contribution >= 4 is 34.8 Å². The monoisotopic (exact) mass is 426 g/mol. The van der Waals surface area contributed by atoms with Gasteiger partial charge >= 0.3 is 5.97 Å². The zero-order valence-corrected chi connectivity index (χ0v) is 16.9. The first-order chi connectivity index (χ1) is 14.0. The van der Waals surface area contributed by atoms with Crippen molar-refractivity contribution in [2.24, 2.45) is 0 Å². The Kier molecular flexibility index (Phi) is 5.43. The lowest BCUT2D eigenvalue weighted by Crippen LogP contribution is -2.06. The van der Waals surface area contributed by atoms with Crippen LogP contribution in [0.1, 0.15) is 15.9 Å². The third-order valence-electron chi connectivity index (χ3n) is 4.39. The standard InChI is InChI=1S/C22H16Cl2N2O3/c1-28-22(27)17-9-15(7-8-20(17)29-13-14-5-3-2-4-6-14)19-12-26-11-16(23)10-18(24)21(26)25-19/h2-12H,13H2,1H3. The van der Waals surface area contributed by atoms with E-state index in [1.54, 1.807) is 35.0 Å². The fourth-order valence-electron chi connectivity index (χ4n) is 2.98. The fraction of sp³-hybridized carbons (Fsp3) is 0.0909. The Labute approximate surface area is 177 Å². The predicted octanol–water partition coefficient (Wildman–Crippen LogP) is 5.67. The summed E-state index contributed by atoms with van der Waals surface area (Å²) in [6.45, 7) is 0.340. The van der Waals surface area contributed by atoms with Gasteiger partial charge in [0, 0.05) is 18.0 Å². The summed E-state index contributed by atoms with van der Waals surface area (Å²) in [5.41, 5.74) is 3.28. The van der Waals surface area contributed by atoms with Crippen molar-refractivity contribution < 1.29 is 14.3 Å². The Bertz CT molecular complexity index is 1190. The summed E-state index contributed by atoms with van der Waals surface area (Å²) < 4.78 is 12.5. The van der Waals surface area contributed by atoms with E-state index in [2.05, 4.69) is 4.98 Å². The largest absolute Gasteiger partial charge is 0.488 e. The van der Waals surface area contributed by atoms with Crippen LogP contribution in [0.5, 0.6) is 5.75 Å². The zero-order chi connectivity index (χ0) is 20.4. The van der Waals surface area contributed by atoms with Crippen LogP contribution in [0.4, 0.5) is 0 Å². The van der Waals surface area contributed by atoms with Crippen LogP contribution in [0, 0.1) is 0 Å². The van der Waals surface area contributed by atoms with Crippen molar-refractivity contribution in [2.45, 2.75) is 6.61 Å². The maximum Gasteiger partial charge on any atom is 0.341 e. The lowest BCUT2D eigenvalue weighted by molar-refractivity contribution is 0.0595. The molecule has 29 heavy (non-hydrogen) atoms. The summed E-state index contributed by atoms with van der Waals surface area (Å²) in [5, 5.41) is 0.950. The van der Waals surface area contributed by atoms with E-state index in [4.69, 9.17) is 32.7 Å². The van der Waals surface area contributed by atoms with E-state index < -0.39 is 5.97 Å². The van der Waals surface area contributed by atoms with Crippen LogP contribution in [-0.2, 0) is 11.3 Å². The van der Waals surface area contributed by atoms with Crippen LogP contribution in [0.2, 0.25) is 10.0 Å². The lowest BCUT2D eigenvalue weighted by atomic mass is 10.1. The summed E-state index contributed by atoms with van der Waals surface area (Å²) in [6, 6.07) is 16.6. The number of imidazole rings is 1. The normalized spacial score (nSPS) is 10.9. The molecule has 0 fully saturated rings. The number of rotatable bonds is 5. The van der Waals surface area contributed by atoms with E-state index in [-0.39, 0.29) is 0 Å². The number of esters is 1. The number of ether oxygens (including phenoxy) is 2. The number of benzene rings is 2. The Morgan fingerprint density at radius 3 is 2.62 bits per heavy atom. The van der Waals surface area contributed by atoms with Crippen molar-refractivity contribution in [2.75, 3.05) is 7.11 Å². The van der Waals surface area contributed by atoms with Gasteiger partial charge in [-0.2, -0.15) is 0 Å². The summed E-state index contributed by atoms with van der Waals surface area (Å²) in [7, 11) is 1.34. The van der Waals surface area contributed by atoms with Gasteiger partial charge in [0.2, 0.25) is 0 Å². The Balaban J connectivity index is 1.70. The molecule has 7 heteroatoms. The molecule has 5 nitrogen and oxygen atoms in total. The number of fused-ring (bicyclic) bond motifs is 1. The second-order valence-corrected chi connectivity index (χ2v) is 7.18. The highest BCUT2D eigenvalue weighted by molar-refractivity contribution is 6.36. The van der Waals surface area contributed by atoms with Crippen LogP contribution >= 0.6 is 23.2 Å². The number of aromatic nitrogens is 2. The summed E-state index contributed by atoms with van der Waals surface area (Å²) >= 11 is 12.3. The number of halogens is 2. The molecule has 0 aliphatic heterocycles. The number of carbonyl (C=O) groups is 1. The smallest absolute Gasteiger partial charge is 0.341 e. The van der Waals surface area contributed by atoms with Crippen molar-refractivity contribution in [3.05, 3.63) is 88.2 Å². The van der Waals surface area contributed by atoms with Crippen LogP contribution in [0.25, 0.3) is 16.9 Å². The van der Waals surface area contributed by atoms with Gasteiger partial charge < -0.3 is 13.9 Å². The number of hydrogen-bond donors (Lipinski definition) is 0. The molecule has 4 aromatic rings. The van der Waals surface area contributed by atoms with Gasteiger partial charge in [-0.3, -0.25) is 0 Å². The molecular formula is C22H16Cl2N2O3. The summed E-state index contributed by atoms with van der Waals surface area (Å²) in [5.74, 6) is -0.0472. The highest BCUT2D eigenvalue weighted by atomic mass is 35.5. The van der Waals surface area contributed by atoms with Gasteiger partial charge in [0.05, 0.1) is 22.8 Å². The minimum Gasteiger partial charge on any atom is -0.488 e. The third kappa shape index (κ3) is 4.06. The van der Waals surface area contributed by atoms with Gasteiger partial charge in [0.25, 0.3) is 0 Å². The molecule has 0 radical (unpaired) electrons. The topological polar surface area (TPSA) is 52.8 Å². The average Bonchev–Trinajstić information content (AvgIpc) is 3.17. The minimum atomic E-state index is -0.486. The fourth-order valence-corrected chi connectivity index (χ4v) is 3.51. The molecule has 2 aromatic carbocycles. The van der Waals surface area contributed by atoms with E-state index in [0.717, 1.165) is 11.1 Å². The van der Waals surface area contributed by atoms with Crippen molar-refractivity contribution in [1.82, 2.24) is 9.38 Å². The maximum absolute atomic E-state index is 12.3. The molecule has 0 N–H and O–H groups in total. The molecule has 4 rings (SSSR count). The van der Waals surface area contributed by atoms with Gasteiger partial charge in [-0.15, -0.1) is 0 Å². The number of nitrogens with zero attached hydrogens (tertiary/aromatic N) is 2. The van der Waals surface area contributed by atoms with Crippen molar-refractivity contribution in [3.8, 4) is 17.0 Å². The summed E-state index contributed by atoms with van der Waals surface area (Å²) in [6.07, 6.45) is 3.52. The first-order valence-corrected chi connectivity index (χ1v) is 9.54. The summed E-state index contributed by atoms with van der Waals surface area (Å²) in [4.78, 5) is 16.9. The van der Waals surface area contributed by atoms with Crippen LogP contribution < -0.4 is 4.74 Å². The molecular weight excluding hydrogens is 411 g/mol. The van der Waals surface area contributed by atoms with Gasteiger partial charge in [0.15, 0.2) is 5.65 Å². The number of methoxy groups -OCH3 is 1. The molecule has 0 aliphatic carbocycles. The number of pyridine rings is 1. The third-order valence-corrected chi connectivity index (χ3v) is 4.88. The van der Waals surface area contributed by atoms with E-state index in [9.17, 15) is 4.79 Å². The maximum atomic E-state index is 12.3. The Hall–Kier alpha value is -3.02. The highest BCUT2D eigenvalue weighted by Crippen LogP contribution is 2.30.